The van der Waals surface area contributed by atoms with Gasteiger partial charge in [-0.2, -0.15) is 0 Å². The molecule has 1 rings (SSSR count). The van der Waals surface area contributed by atoms with Crippen LogP contribution in [0.1, 0.15) is 50.5 Å². The van der Waals surface area contributed by atoms with Crippen molar-refractivity contribution in [2.45, 2.75) is 63.7 Å². The summed E-state index contributed by atoms with van der Waals surface area (Å²) in [6, 6.07) is 8.13. The van der Waals surface area contributed by atoms with E-state index >= 15 is 0 Å². The molecule has 1 aromatic carbocycles. The Bertz CT molecular complexity index is 665. The molecule has 8 heteroatoms. The van der Waals surface area contributed by atoms with Crippen molar-refractivity contribution in [3.05, 3.63) is 48.6 Å². The van der Waals surface area contributed by atoms with Crippen molar-refractivity contribution in [1.29, 1.82) is 0 Å². The van der Waals surface area contributed by atoms with Crippen LogP contribution in [0, 0.1) is 0 Å². The molecule has 0 spiro atoms. The van der Waals surface area contributed by atoms with Crippen LogP contribution in [0.2, 0.25) is 0 Å². The highest BCUT2D eigenvalue weighted by Crippen LogP contribution is 2.08. The molecular formula is C22H32N2O6. The Hall–Kier alpha value is -2.87. The van der Waals surface area contributed by atoms with Crippen molar-refractivity contribution in [3.63, 3.8) is 0 Å². The van der Waals surface area contributed by atoms with E-state index in [1.54, 1.807) is 0 Å². The number of nitrogens with one attached hydrogen (secondary N) is 2. The number of rotatable bonds is 15. The van der Waals surface area contributed by atoms with Gasteiger partial charge in [-0.25, -0.2) is 9.59 Å². The SMILES string of the molecule is C=CCCCCCC[C@@H](NC(=O)C[C@@H](O)CNC(=O)OCc1ccccc1)C(=O)O. The van der Waals surface area contributed by atoms with Crippen LogP contribution in [0.15, 0.2) is 43.0 Å². The van der Waals surface area contributed by atoms with Crippen LogP contribution in [-0.4, -0.2) is 46.9 Å². The number of aliphatic hydroxyl groups is 1. The van der Waals surface area contributed by atoms with Gasteiger partial charge in [0.05, 0.1) is 12.5 Å². The molecule has 8 nitrogen and oxygen atoms in total. The maximum absolute atomic E-state index is 12.0. The summed E-state index contributed by atoms with van der Waals surface area (Å²) in [5.74, 6) is -1.69. The van der Waals surface area contributed by atoms with Gasteiger partial charge in [0.25, 0.3) is 0 Å². The third-order valence-corrected chi connectivity index (χ3v) is 4.40. The minimum atomic E-state index is -1.15. The number of aliphatic hydroxyl groups excluding tert-OH is 1. The lowest BCUT2D eigenvalue weighted by atomic mass is 10.1. The van der Waals surface area contributed by atoms with Crippen molar-refractivity contribution >= 4 is 18.0 Å². The predicted octanol–water partition coefficient (Wildman–Crippen LogP) is 2.76. The molecule has 0 bridgehead atoms. The van der Waals surface area contributed by atoms with E-state index in [1.165, 1.54) is 0 Å². The van der Waals surface area contributed by atoms with Gasteiger partial charge in [-0.1, -0.05) is 55.7 Å². The van der Waals surface area contributed by atoms with Gasteiger partial charge in [-0.15, -0.1) is 6.58 Å². The average molecular weight is 421 g/mol. The van der Waals surface area contributed by atoms with Gasteiger partial charge < -0.3 is 25.6 Å². The van der Waals surface area contributed by atoms with Crippen molar-refractivity contribution < 1.29 is 29.3 Å². The Morgan fingerprint density at radius 3 is 2.47 bits per heavy atom. The number of benzene rings is 1. The summed E-state index contributed by atoms with van der Waals surface area (Å²) >= 11 is 0. The maximum Gasteiger partial charge on any atom is 0.407 e. The molecule has 2 atom stereocenters. The molecule has 0 aliphatic heterocycles. The van der Waals surface area contributed by atoms with Crippen LogP contribution in [0.25, 0.3) is 0 Å². The highest BCUT2D eigenvalue weighted by molar-refractivity contribution is 5.83. The topological polar surface area (TPSA) is 125 Å². The quantitative estimate of drug-likeness (QED) is 0.255. The van der Waals surface area contributed by atoms with Crippen molar-refractivity contribution in [2.75, 3.05) is 6.54 Å². The van der Waals surface area contributed by atoms with Gasteiger partial charge in [0.1, 0.15) is 12.6 Å². The summed E-state index contributed by atoms with van der Waals surface area (Å²) in [6.45, 7) is 3.57. The number of hydrogen-bond acceptors (Lipinski definition) is 5. The first kappa shape index (κ1) is 25.2. The van der Waals surface area contributed by atoms with Gasteiger partial charge in [-0.05, 0) is 24.8 Å². The van der Waals surface area contributed by atoms with E-state index in [4.69, 9.17) is 4.74 Å². The summed E-state index contributed by atoms with van der Waals surface area (Å²) in [5.41, 5.74) is 0.827. The molecule has 0 radical (unpaired) electrons. The molecule has 166 valence electrons. The fourth-order valence-electron chi connectivity index (χ4n) is 2.76. The number of allylic oxidation sites excluding steroid dienone is 1. The first-order chi connectivity index (χ1) is 14.4. The van der Waals surface area contributed by atoms with Crippen LogP contribution in [0.4, 0.5) is 4.79 Å². The molecule has 0 aromatic heterocycles. The number of carbonyl (C=O) groups excluding carboxylic acids is 2. The Morgan fingerprint density at radius 1 is 1.10 bits per heavy atom. The standard InChI is InChI=1S/C22H32N2O6/c1-2-3-4-5-6-10-13-19(21(27)28)24-20(26)14-18(25)15-23-22(29)30-16-17-11-8-7-9-12-17/h2,7-9,11-12,18-19,25H,1,3-6,10,13-16H2,(H,23,29)(H,24,26)(H,27,28)/t18-,19-/m1/s1. The average Bonchev–Trinajstić information content (AvgIpc) is 2.72. The smallest absolute Gasteiger partial charge is 0.407 e. The fraction of sp³-hybridized carbons (Fsp3) is 0.500. The van der Waals surface area contributed by atoms with Crippen molar-refractivity contribution in [1.82, 2.24) is 10.6 Å². The van der Waals surface area contributed by atoms with Gasteiger partial charge in [-0.3, -0.25) is 4.79 Å². The summed E-state index contributed by atoms with van der Waals surface area (Å²) in [7, 11) is 0. The third kappa shape index (κ3) is 11.9. The largest absolute Gasteiger partial charge is 0.480 e. The second-order valence-electron chi connectivity index (χ2n) is 7.04. The highest BCUT2D eigenvalue weighted by atomic mass is 16.5. The fourth-order valence-corrected chi connectivity index (χ4v) is 2.76. The molecule has 0 aliphatic rings. The lowest BCUT2D eigenvalue weighted by Gasteiger charge is -2.16. The van der Waals surface area contributed by atoms with Gasteiger partial charge in [0.15, 0.2) is 0 Å². The lowest BCUT2D eigenvalue weighted by Crippen LogP contribution is -2.43. The Morgan fingerprint density at radius 2 is 1.80 bits per heavy atom. The molecular weight excluding hydrogens is 388 g/mol. The zero-order valence-electron chi connectivity index (χ0n) is 17.2. The Kier molecular flexibility index (Phi) is 12.6. The van der Waals surface area contributed by atoms with E-state index in [1.807, 2.05) is 36.4 Å². The molecule has 30 heavy (non-hydrogen) atoms. The molecule has 0 fully saturated rings. The molecule has 0 unspecified atom stereocenters. The van der Waals surface area contributed by atoms with E-state index in [-0.39, 0.29) is 19.6 Å². The number of aliphatic carboxylic acids is 1. The summed E-state index contributed by atoms with van der Waals surface area (Å²) in [4.78, 5) is 35.0. The first-order valence-corrected chi connectivity index (χ1v) is 10.2. The zero-order chi connectivity index (χ0) is 22.2. The number of carboxylic acid groups (broad SMARTS) is 1. The molecule has 0 saturated heterocycles. The number of alkyl carbamates (subject to hydrolysis) is 1. The molecule has 2 amide bonds. The Balaban J connectivity index is 2.24. The molecule has 4 N–H and O–H groups in total. The maximum atomic E-state index is 12.0. The minimum absolute atomic E-state index is 0.0944. The minimum Gasteiger partial charge on any atom is -0.480 e. The summed E-state index contributed by atoms with van der Waals surface area (Å²) in [6.07, 6.45) is 4.50. The zero-order valence-corrected chi connectivity index (χ0v) is 17.2. The van der Waals surface area contributed by atoms with Crippen molar-refractivity contribution in [3.8, 4) is 0 Å². The third-order valence-electron chi connectivity index (χ3n) is 4.40. The second-order valence-corrected chi connectivity index (χ2v) is 7.04. The summed E-state index contributed by atoms with van der Waals surface area (Å²) in [5, 5.41) is 24.0. The van der Waals surface area contributed by atoms with Gasteiger partial charge in [0, 0.05) is 6.54 Å². The number of amides is 2. The van der Waals surface area contributed by atoms with Gasteiger partial charge >= 0.3 is 12.1 Å². The molecule has 0 aliphatic carbocycles. The van der Waals surface area contributed by atoms with Crippen molar-refractivity contribution in [2.24, 2.45) is 0 Å². The van der Waals surface area contributed by atoms with Crippen LogP contribution in [0.5, 0.6) is 0 Å². The Labute approximate surface area is 177 Å². The summed E-state index contributed by atoms with van der Waals surface area (Å²) < 4.78 is 5.01. The number of carboxylic acids is 1. The number of carbonyl (C=O) groups is 3. The van der Waals surface area contributed by atoms with E-state index in [0.29, 0.717) is 12.8 Å². The van der Waals surface area contributed by atoms with Crippen LogP contribution in [0.3, 0.4) is 0 Å². The number of ether oxygens (including phenoxy) is 1. The van der Waals surface area contributed by atoms with Crippen LogP contribution >= 0.6 is 0 Å². The number of hydrogen-bond donors (Lipinski definition) is 4. The van der Waals surface area contributed by atoms with Crippen LogP contribution in [-0.2, 0) is 20.9 Å². The normalized spacial score (nSPS) is 12.4. The molecule has 0 saturated carbocycles. The highest BCUT2D eigenvalue weighted by Gasteiger charge is 2.21. The second kappa shape index (κ2) is 15.0. The molecule has 1 aromatic rings. The van der Waals surface area contributed by atoms with Gasteiger partial charge in [0.2, 0.25) is 5.91 Å². The molecule has 0 heterocycles. The predicted molar refractivity (Wildman–Crippen MR) is 113 cm³/mol. The van der Waals surface area contributed by atoms with E-state index in [0.717, 1.165) is 31.2 Å². The van der Waals surface area contributed by atoms with E-state index < -0.39 is 30.1 Å². The van der Waals surface area contributed by atoms with Crippen LogP contribution < -0.4 is 10.6 Å². The first-order valence-electron chi connectivity index (χ1n) is 10.2. The monoisotopic (exact) mass is 420 g/mol. The van der Waals surface area contributed by atoms with E-state index in [2.05, 4.69) is 17.2 Å². The number of unbranched alkanes of at least 4 members (excludes halogenated alkanes) is 4. The lowest BCUT2D eigenvalue weighted by molar-refractivity contribution is -0.142. The van der Waals surface area contributed by atoms with E-state index in [9.17, 15) is 24.6 Å².